The zero-order chi connectivity index (χ0) is 23.3. The lowest BCUT2D eigenvalue weighted by atomic mass is 10.1. The van der Waals surface area contributed by atoms with E-state index in [1.807, 2.05) is 39.0 Å². The summed E-state index contributed by atoms with van der Waals surface area (Å²) in [4.78, 5) is 19.0. The van der Waals surface area contributed by atoms with Gasteiger partial charge in [0.1, 0.15) is 17.2 Å². The second kappa shape index (κ2) is 10.2. The summed E-state index contributed by atoms with van der Waals surface area (Å²) in [7, 11) is 4.84. The van der Waals surface area contributed by atoms with Crippen molar-refractivity contribution in [1.82, 2.24) is 15.0 Å². The van der Waals surface area contributed by atoms with Gasteiger partial charge in [0.15, 0.2) is 6.10 Å². The van der Waals surface area contributed by atoms with E-state index in [4.69, 9.17) is 18.7 Å². The topological polar surface area (TPSA) is 86.9 Å². The molecule has 0 saturated heterocycles. The number of benzene rings is 2. The minimum absolute atomic E-state index is 0.157. The molecular weight excluding hydrogens is 410 g/mol. The summed E-state index contributed by atoms with van der Waals surface area (Å²) < 4.78 is 22.0. The second-order valence-electron chi connectivity index (χ2n) is 7.49. The molecule has 0 aliphatic carbocycles. The van der Waals surface area contributed by atoms with E-state index in [-0.39, 0.29) is 12.5 Å². The van der Waals surface area contributed by atoms with Gasteiger partial charge in [0.2, 0.25) is 11.7 Å². The maximum atomic E-state index is 13.0. The molecule has 0 aliphatic heterocycles. The molecule has 0 aliphatic rings. The van der Waals surface area contributed by atoms with Gasteiger partial charge in [-0.25, -0.2) is 0 Å². The van der Waals surface area contributed by atoms with Gasteiger partial charge in [0.25, 0.3) is 5.91 Å². The van der Waals surface area contributed by atoms with Crippen molar-refractivity contribution in [1.29, 1.82) is 0 Å². The van der Waals surface area contributed by atoms with Crippen molar-refractivity contribution in [2.24, 2.45) is 0 Å². The highest BCUT2D eigenvalue weighted by atomic mass is 16.5. The van der Waals surface area contributed by atoms with Crippen LogP contribution >= 0.6 is 0 Å². The van der Waals surface area contributed by atoms with Crippen LogP contribution in [0.5, 0.6) is 17.2 Å². The Balaban J connectivity index is 1.72. The number of nitrogens with zero attached hydrogens (tertiary/aromatic N) is 3. The summed E-state index contributed by atoms with van der Waals surface area (Å²) in [6.45, 7) is 6.08. The Morgan fingerprint density at radius 3 is 2.59 bits per heavy atom. The third-order valence-electron chi connectivity index (χ3n) is 5.34. The minimum atomic E-state index is -0.607. The van der Waals surface area contributed by atoms with Crippen LogP contribution in [-0.2, 0) is 11.3 Å². The first kappa shape index (κ1) is 23.1. The van der Waals surface area contributed by atoms with Gasteiger partial charge >= 0.3 is 0 Å². The van der Waals surface area contributed by atoms with Gasteiger partial charge in [-0.3, -0.25) is 4.79 Å². The molecule has 2 aromatic carbocycles. The van der Waals surface area contributed by atoms with Crippen LogP contribution in [0.4, 0.5) is 0 Å². The number of aromatic nitrogens is 2. The molecule has 0 radical (unpaired) electrons. The van der Waals surface area contributed by atoms with Gasteiger partial charge in [-0.05, 0) is 49.6 Å². The van der Waals surface area contributed by atoms with Gasteiger partial charge in [-0.2, -0.15) is 4.98 Å². The van der Waals surface area contributed by atoms with Crippen molar-refractivity contribution in [3.63, 3.8) is 0 Å². The number of ether oxygens (including phenoxy) is 3. The summed E-state index contributed by atoms with van der Waals surface area (Å²) in [5.74, 6) is 2.47. The van der Waals surface area contributed by atoms with E-state index in [0.717, 1.165) is 11.1 Å². The van der Waals surface area contributed by atoms with Crippen molar-refractivity contribution in [2.75, 3.05) is 21.3 Å². The maximum absolute atomic E-state index is 13.0. The standard InChI is InChI=1S/C24H29N3O5/c1-7-19(31-20-10-8-9-15(2)16(20)3)24(28)27(4)14-22-25-23(26-32-22)18-12-11-17(29-5)13-21(18)30-6/h8-13,19H,7,14H2,1-6H3/t19-/m0/s1. The Kier molecular flexibility index (Phi) is 7.35. The van der Waals surface area contributed by atoms with Crippen molar-refractivity contribution >= 4 is 5.91 Å². The monoisotopic (exact) mass is 439 g/mol. The quantitative estimate of drug-likeness (QED) is 0.494. The van der Waals surface area contributed by atoms with Crippen LogP contribution in [0.3, 0.4) is 0 Å². The van der Waals surface area contributed by atoms with E-state index in [2.05, 4.69) is 10.1 Å². The number of likely N-dealkylation sites (N-methyl/N-ethyl adjacent to an activating group) is 1. The Morgan fingerprint density at radius 2 is 1.91 bits per heavy atom. The van der Waals surface area contributed by atoms with Gasteiger partial charge in [0.05, 0.1) is 26.3 Å². The number of rotatable bonds is 9. The van der Waals surface area contributed by atoms with E-state index in [1.54, 1.807) is 39.5 Å². The molecule has 3 rings (SSSR count). The number of amides is 1. The molecule has 3 aromatic rings. The lowest BCUT2D eigenvalue weighted by Gasteiger charge is -2.23. The molecule has 0 saturated carbocycles. The molecule has 1 aromatic heterocycles. The SMILES string of the molecule is CC[C@H](Oc1cccc(C)c1C)C(=O)N(C)Cc1nc(-c2ccc(OC)cc2OC)no1. The van der Waals surface area contributed by atoms with Crippen LogP contribution in [-0.4, -0.2) is 48.3 Å². The molecular formula is C24H29N3O5. The van der Waals surface area contributed by atoms with Crippen LogP contribution in [0.2, 0.25) is 0 Å². The molecule has 32 heavy (non-hydrogen) atoms. The van der Waals surface area contributed by atoms with Gasteiger partial charge in [-0.1, -0.05) is 24.2 Å². The number of aryl methyl sites for hydroxylation is 1. The fraction of sp³-hybridized carbons (Fsp3) is 0.375. The minimum Gasteiger partial charge on any atom is -0.497 e. The predicted octanol–water partition coefficient (Wildman–Crippen LogP) is 4.19. The number of carbonyl (C=O) groups excluding carboxylic acids is 1. The molecule has 8 heteroatoms. The number of hydrogen-bond acceptors (Lipinski definition) is 7. The third kappa shape index (κ3) is 5.01. The number of hydrogen-bond donors (Lipinski definition) is 0. The lowest BCUT2D eigenvalue weighted by Crippen LogP contribution is -2.39. The summed E-state index contributed by atoms with van der Waals surface area (Å²) in [6, 6.07) is 11.2. The summed E-state index contributed by atoms with van der Waals surface area (Å²) in [5, 5.41) is 4.04. The van der Waals surface area contributed by atoms with Crippen molar-refractivity contribution in [3.8, 4) is 28.6 Å². The van der Waals surface area contributed by atoms with Gasteiger partial charge in [-0.15, -0.1) is 0 Å². The molecule has 1 atom stereocenters. The molecule has 0 unspecified atom stereocenters. The average molecular weight is 440 g/mol. The fourth-order valence-corrected chi connectivity index (χ4v) is 3.25. The van der Waals surface area contributed by atoms with E-state index in [9.17, 15) is 4.79 Å². The normalized spacial score (nSPS) is 11.7. The highest BCUT2D eigenvalue weighted by molar-refractivity contribution is 5.81. The number of carbonyl (C=O) groups is 1. The first-order chi connectivity index (χ1) is 15.4. The van der Waals surface area contributed by atoms with E-state index in [1.165, 1.54) is 4.90 Å². The largest absolute Gasteiger partial charge is 0.497 e. The summed E-state index contributed by atoms with van der Waals surface area (Å²) >= 11 is 0. The summed E-state index contributed by atoms with van der Waals surface area (Å²) in [6.07, 6.45) is -0.0705. The smallest absolute Gasteiger partial charge is 0.263 e. The fourth-order valence-electron chi connectivity index (χ4n) is 3.25. The van der Waals surface area contributed by atoms with Gasteiger partial charge < -0.3 is 23.6 Å². The first-order valence-corrected chi connectivity index (χ1v) is 10.4. The Bertz CT molecular complexity index is 1080. The molecule has 0 bridgehead atoms. The van der Waals surface area contributed by atoms with E-state index in [0.29, 0.717) is 40.9 Å². The van der Waals surface area contributed by atoms with E-state index < -0.39 is 6.10 Å². The molecule has 0 fully saturated rings. The van der Waals surface area contributed by atoms with Crippen molar-refractivity contribution < 1.29 is 23.5 Å². The molecule has 0 N–H and O–H groups in total. The lowest BCUT2D eigenvalue weighted by molar-refractivity contribution is -0.138. The summed E-state index contributed by atoms with van der Waals surface area (Å²) in [5.41, 5.74) is 2.81. The molecule has 1 heterocycles. The van der Waals surface area contributed by atoms with Crippen LogP contribution in [0.1, 0.15) is 30.4 Å². The van der Waals surface area contributed by atoms with Crippen LogP contribution in [0.25, 0.3) is 11.4 Å². The zero-order valence-electron chi connectivity index (χ0n) is 19.3. The highest BCUT2D eigenvalue weighted by Gasteiger charge is 2.25. The molecule has 1 amide bonds. The Labute approximate surface area is 188 Å². The zero-order valence-corrected chi connectivity index (χ0v) is 19.3. The van der Waals surface area contributed by atoms with E-state index >= 15 is 0 Å². The predicted molar refractivity (Wildman–Crippen MR) is 120 cm³/mol. The second-order valence-corrected chi connectivity index (χ2v) is 7.49. The van der Waals surface area contributed by atoms with Gasteiger partial charge in [0, 0.05) is 13.1 Å². The molecule has 170 valence electrons. The van der Waals surface area contributed by atoms with Crippen molar-refractivity contribution in [2.45, 2.75) is 39.8 Å². The van der Waals surface area contributed by atoms with Crippen LogP contribution < -0.4 is 14.2 Å². The first-order valence-electron chi connectivity index (χ1n) is 10.4. The maximum Gasteiger partial charge on any atom is 0.263 e. The average Bonchev–Trinajstić information content (AvgIpc) is 3.27. The van der Waals surface area contributed by atoms with Crippen LogP contribution in [0, 0.1) is 13.8 Å². The highest BCUT2D eigenvalue weighted by Crippen LogP contribution is 2.31. The Hall–Kier alpha value is -3.55. The van der Waals surface area contributed by atoms with Crippen LogP contribution in [0.15, 0.2) is 40.9 Å². The molecule has 0 spiro atoms. The number of methoxy groups -OCH3 is 2. The third-order valence-corrected chi connectivity index (χ3v) is 5.34. The Morgan fingerprint density at radius 1 is 1.12 bits per heavy atom. The molecule has 8 nitrogen and oxygen atoms in total. The van der Waals surface area contributed by atoms with Crippen molar-refractivity contribution in [3.05, 3.63) is 53.4 Å².